The van der Waals surface area contributed by atoms with E-state index >= 15 is 0 Å². The zero-order valence-electron chi connectivity index (χ0n) is 14.4. The highest BCUT2D eigenvalue weighted by Crippen LogP contribution is 2.51. The fourth-order valence-electron chi connectivity index (χ4n) is 3.56. The second kappa shape index (κ2) is 7.24. The summed E-state index contributed by atoms with van der Waals surface area (Å²) in [4.78, 5) is 4.90. The standard InChI is InChI=1S/C19H29N3O/c1-3-20-18(22-15-8-4-5-9-15)21-14-19(12-13-19)16-10-6-7-11-17(16)23-2/h6-7,10-11,15H,3-5,8-9,12-14H2,1-2H3,(H2,20,21,22). The smallest absolute Gasteiger partial charge is 0.191 e. The number of benzene rings is 1. The molecule has 4 nitrogen and oxygen atoms in total. The van der Waals surface area contributed by atoms with Gasteiger partial charge in [-0.2, -0.15) is 0 Å². The van der Waals surface area contributed by atoms with Crippen molar-refractivity contribution in [3.8, 4) is 5.75 Å². The Balaban J connectivity index is 1.70. The number of aliphatic imine (C=N–C) groups is 1. The average Bonchev–Trinajstić information content (AvgIpc) is 3.20. The second-order valence-corrected chi connectivity index (χ2v) is 6.80. The van der Waals surface area contributed by atoms with E-state index in [1.54, 1.807) is 7.11 Å². The Hall–Kier alpha value is -1.71. The molecule has 2 saturated carbocycles. The topological polar surface area (TPSA) is 45.7 Å². The molecule has 2 N–H and O–H groups in total. The van der Waals surface area contributed by atoms with E-state index in [2.05, 4.69) is 35.8 Å². The highest BCUT2D eigenvalue weighted by Gasteiger charge is 2.46. The maximum Gasteiger partial charge on any atom is 0.191 e. The number of methoxy groups -OCH3 is 1. The molecule has 23 heavy (non-hydrogen) atoms. The van der Waals surface area contributed by atoms with Crippen molar-refractivity contribution in [2.24, 2.45) is 4.99 Å². The first kappa shape index (κ1) is 16.2. The summed E-state index contributed by atoms with van der Waals surface area (Å²) in [7, 11) is 1.75. The predicted octanol–water partition coefficient (Wildman–Crippen LogP) is 3.22. The molecule has 3 rings (SSSR count). The highest BCUT2D eigenvalue weighted by atomic mass is 16.5. The third-order valence-corrected chi connectivity index (χ3v) is 5.11. The summed E-state index contributed by atoms with van der Waals surface area (Å²) in [5.74, 6) is 1.97. The maximum absolute atomic E-state index is 5.55. The lowest BCUT2D eigenvalue weighted by Crippen LogP contribution is -2.42. The van der Waals surface area contributed by atoms with Crippen LogP contribution in [0.25, 0.3) is 0 Å². The summed E-state index contributed by atoms with van der Waals surface area (Å²) in [6, 6.07) is 8.98. The summed E-state index contributed by atoms with van der Waals surface area (Å²) in [6.45, 7) is 3.86. The lowest BCUT2D eigenvalue weighted by atomic mass is 9.95. The predicted molar refractivity (Wildman–Crippen MR) is 95.3 cm³/mol. The Bertz CT molecular complexity index is 545. The molecule has 0 spiro atoms. The fraction of sp³-hybridized carbons (Fsp3) is 0.632. The van der Waals surface area contributed by atoms with E-state index in [1.807, 2.05) is 6.07 Å². The molecule has 0 aliphatic heterocycles. The molecule has 0 saturated heterocycles. The number of ether oxygens (including phenoxy) is 1. The average molecular weight is 315 g/mol. The molecular weight excluding hydrogens is 286 g/mol. The van der Waals surface area contributed by atoms with E-state index in [0.717, 1.165) is 24.8 Å². The van der Waals surface area contributed by atoms with Crippen LogP contribution in [0.5, 0.6) is 5.75 Å². The van der Waals surface area contributed by atoms with Gasteiger partial charge in [-0.3, -0.25) is 4.99 Å². The summed E-state index contributed by atoms with van der Waals surface area (Å²) in [5, 5.41) is 7.00. The first-order valence-corrected chi connectivity index (χ1v) is 8.96. The Morgan fingerprint density at radius 1 is 1.26 bits per heavy atom. The lowest BCUT2D eigenvalue weighted by molar-refractivity contribution is 0.404. The van der Waals surface area contributed by atoms with Crippen LogP contribution in [-0.2, 0) is 5.41 Å². The molecule has 0 atom stereocenters. The Kier molecular flexibility index (Phi) is 5.09. The molecule has 0 heterocycles. The van der Waals surface area contributed by atoms with Crippen molar-refractivity contribution in [3.05, 3.63) is 29.8 Å². The van der Waals surface area contributed by atoms with Crippen molar-refractivity contribution < 1.29 is 4.74 Å². The Morgan fingerprint density at radius 2 is 2.00 bits per heavy atom. The first-order chi connectivity index (χ1) is 11.3. The largest absolute Gasteiger partial charge is 0.496 e. The van der Waals surface area contributed by atoms with Gasteiger partial charge >= 0.3 is 0 Å². The van der Waals surface area contributed by atoms with Gasteiger partial charge in [0.2, 0.25) is 0 Å². The quantitative estimate of drug-likeness (QED) is 0.626. The van der Waals surface area contributed by atoms with Crippen LogP contribution < -0.4 is 15.4 Å². The number of guanidine groups is 1. The molecule has 0 aromatic heterocycles. The van der Waals surface area contributed by atoms with E-state index in [9.17, 15) is 0 Å². The minimum atomic E-state index is 0.171. The van der Waals surface area contributed by atoms with Crippen molar-refractivity contribution in [2.45, 2.75) is 56.9 Å². The third kappa shape index (κ3) is 3.80. The van der Waals surface area contributed by atoms with E-state index in [-0.39, 0.29) is 5.41 Å². The zero-order chi connectivity index (χ0) is 16.1. The van der Waals surface area contributed by atoms with E-state index < -0.39 is 0 Å². The minimum absolute atomic E-state index is 0.171. The summed E-state index contributed by atoms with van der Waals surface area (Å²) in [6.07, 6.45) is 7.59. The molecule has 2 aliphatic rings. The van der Waals surface area contributed by atoms with Gasteiger partial charge in [0, 0.05) is 23.6 Å². The monoisotopic (exact) mass is 315 g/mol. The molecule has 126 valence electrons. The third-order valence-electron chi connectivity index (χ3n) is 5.11. The van der Waals surface area contributed by atoms with Gasteiger partial charge in [-0.15, -0.1) is 0 Å². The summed E-state index contributed by atoms with van der Waals surface area (Å²) in [5.41, 5.74) is 1.48. The van der Waals surface area contributed by atoms with Gasteiger partial charge in [0.1, 0.15) is 5.75 Å². The van der Waals surface area contributed by atoms with Gasteiger partial charge in [0.15, 0.2) is 5.96 Å². The number of para-hydroxylation sites is 1. The second-order valence-electron chi connectivity index (χ2n) is 6.80. The van der Waals surface area contributed by atoms with Crippen molar-refractivity contribution in [1.29, 1.82) is 0 Å². The molecule has 0 radical (unpaired) electrons. The molecule has 0 unspecified atom stereocenters. The van der Waals surface area contributed by atoms with E-state index in [4.69, 9.17) is 9.73 Å². The summed E-state index contributed by atoms with van der Waals surface area (Å²) >= 11 is 0. The molecule has 0 amide bonds. The molecule has 1 aromatic rings. The number of hydrogen-bond acceptors (Lipinski definition) is 2. The lowest BCUT2D eigenvalue weighted by Gasteiger charge is -2.20. The zero-order valence-corrected chi connectivity index (χ0v) is 14.4. The van der Waals surface area contributed by atoms with Crippen molar-refractivity contribution in [3.63, 3.8) is 0 Å². The van der Waals surface area contributed by atoms with Gasteiger partial charge in [0.25, 0.3) is 0 Å². The number of nitrogens with one attached hydrogen (secondary N) is 2. The van der Waals surface area contributed by atoms with Crippen molar-refractivity contribution >= 4 is 5.96 Å². The number of hydrogen-bond donors (Lipinski definition) is 2. The fourth-order valence-corrected chi connectivity index (χ4v) is 3.56. The van der Waals surface area contributed by atoms with Gasteiger partial charge in [-0.25, -0.2) is 0 Å². The molecule has 2 fully saturated rings. The first-order valence-electron chi connectivity index (χ1n) is 8.96. The SMILES string of the molecule is CCNC(=NCC1(c2ccccc2OC)CC1)NC1CCCC1. The van der Waals surface area contributed by atoms with E-state index in [1.165, 1.54) is 44.1 Å². The van der Waals surface area contributed by atoms with Gasteiger partial charge in [-0.05, 0) is 38.7 Å². The van der Waals surface area contributed by atoms with Gasteiger partial charge in [-0.1, -0.05) is 31.0 Å². The van der Waals surface area contributed by atoms with Crippen molar-refractivity contribution in [1.82, 2.24) is 10.6 Å². The molecular formula is C19H29N3O. The van der Waals surface area contributed by atoms with Crippen LogP contribution in [0.4, 0.5) is 0 Å². The molecule has 0 bridgehead atoms. The maximum atomic E-state index is 5.55. The number of nitrogens with zero attached hydrogens (tertiary/aromatic N) is 1. The van der Waals surface area contributed by atoms with E-state index in [0.29, 0.717) is 6.04 Å². The highest BCUT2D eigenvalue weighted by molar-refractivity contribution is 5.80. The minimum Gasteiger partial charge on any atom is -0.496 e. The molecule has 1 aromatic carbocycles. The van der Waals surface area contributed by atoms with Crippen LogP contribution >= 0.6 is 0 Å². The van der Waals surface area contributed by atoms with Crippen molar-refractivity contribution in [2.75, 3.05) is 20.2 Å². The molecule has 4 heteroatoms. The van der Waals surface area contributed by atoms with Gasteiger partial charge in [0.05, 0.1) is 13.7 Å². The van der Waals surface area contributed by atoms with Crippen LogP contribution in [-0.4, -0.2) is 32.2 Å². The van der Waals surface area contributed by atoms with Crippen LogP contribution in [0, 0.1) is 0 Å². The molecule has 2 aliphatic carbocycles. The van der Waals surface area contributed by atoms with Gasteiger partial charge < -0.3 is 15.4 Å². The normalized spacial score (nSPS) is 20.3. The Morgan fingerprint density at radius 3 is 2.65 bits per heavy atom. The van der Waals surface area contributed by atoms with Crippen LogP contribution in [0.1, 0.15) is 51.0 Å². The van der Waals surface area contributed by atoms with Crippen LogP contribution in [0.2, 0.25) is 0 Å². The van der Waals surface area contributed by atoms with Crippen LogP contribution in [0.3, 0.4) is 0 Å². The van der Waals surface area contributed by atoms with Crippen LogP contribution in [0.15, 0.2) is 29.3 Å². The number of rotatable bonds is 6. The Labute approximate surface area is 139 Å². The summed E-state index contributed by atoms with van der Waals surface area (Å²) < 4.78 is 5.55.